The van der Waals surface area contributed by atoms with E-state index in [0.29, 0.717) is 16.5 Å². The number of benzene rings is 3. The average Bonchev–Trinajstić information content (AvgIpc) is 3.53. The summed E-state index contributed by atoms with van der Waals surface area (Å²) in [6, 6.07) is 20.3. The Hall–Kier alpha value is -3.35. The molecule has 5 nitrogen and oxygen atoms in total. The van der Waals surface area contributed by atoms with Crippen LogP contribution in [0.5, 0.6) is 11.5 Å². The molecule has 1 aliphatic rings. The Labute approximate surface area is 214 Å². The zero-order chi connectivity index (χ0) is 24.5. The number of ether oxygens (including phenoxy) is 2. The first-order valence-corrected chi connectivity index (χ1v) is 12.6. The van der Waals surface area contributed by atoms with Gasteiger partial charge in [-0.05, 0) is 60.9 Å². The van der Waals surface area contributed by atoms with Crippen LogP contribution < -0.4 is 14.5 Å². The largest absolute Gasteiger partial charge is 0.493 e. The van der Waals surface area contributed by atoms with Gasteiger partial charge in [0.15, 0.2) is 11.5 Å². The normalized spacial score (nSPS) is 15.3. The first-order valence-electron chi connectivity index (χ1n) is 11.3. The summed E-state index contributed by atoms with van der Waals surface area (Å²) in [5, 5.41) is 10.7. The Morgan fingerprint density at radius 2 is 1.71 bits per heavy atom. The topological polar surface area (TPSA) is 47.0 Å². The number of nitrogens with zero attached hydrogens (tertiary/aromatic N) is 3. The second-order valence-electron chi connectivity index (χ2n) is 8.57. The van der Waals surface area contributed by atoms with Crippen LogP contribution in [0.3, 0.4) is 0 Å². The lowest BCUT2D eigenvalue weighted by Crippen LogP contribution is -2.18. The number of hydrogen-bond donors (Lipinski definition) is 0. The van der Waals surface area contributed by atoms with E-state index in [1.165, 1.54) is 11.1 Å². The lowest BCUT2D eigenvalue weighted by atomic mass is 9.98. The van der Waals surface area contributed by atoms with Gasteiger partial charge in [-0.3, -0.25) is 0 Å². The second kappa shape index (κ2) is 9.72. The van der Waals surface area contributed by atoms with Crippen LogP contribution in [0.25, 0.3) is 11.3 Å². The van der Waals surface area contributed by atoms with E-state index in [4.69, 9.17) is 31.2 Å². The number of hydrogen-bond acceptors (Lipinski definition) is 6. The molecule has 3 aromatic carbocycles. The van der Waals surface area contributed by atoms with E-state index in [0.717, 1.165) is 39.6 Å². The maximum atomic E-state index is 6.13. The van der Waals surface area contributed by atoms with E-state index in [1.54, 1.807) is 25.6 Å². The summed E-state index contributed by atoms with van der Waals surface area (Å²) in [5.74, 6) is 1.39. The second-order valence-corrected chi connectivity index (χ2v) is 9.84. The number of anilines is 1. The molecule has 0 saturated carbocycles. The van der Waals surface area contributed by atoms with Gasteiger partial charge in [-0.1, -0.05) is 47.5 Å². The predicted octanol–water partition coefficient (Wildman–Crippen LogP) is 7.45. The molecule has 0 N–H and O–H groups in total. The molecule has 0 saturated heterocycles. The van der Waals surface area contributed by atoms with Gasteiger partial charge in [-0.25, -0.2) is 9.99 Å². The minimum atomic E-state index is -0.0295. The van der Waals surface area contributed by atoms with E-state index >= 15 is 0 Å². The van der Waals surface area contributed by atoms with E-state index in [9.17, 15) is 0 Å². The summed E-state index contributed by atoms with van der Waals surface area (Å²) in [4.78, 5) is 5.02. The van der Waals surface area contributed by atoms with Crippen molar-refractivity contribution < 1.29 is 9.47 Å². The van der Waals surface area contributed by atoms with Crippen LogP contribution >= 0.6 is 22.9 Å². The van der Waals surface area contributed by atoms with Crippen molar-refractivity contribution in [1.82, 2.24) is 4.98 Å². The summed E-state index contributed by atoms with van der Waals surface area (Å²) in [7, 11) is 3.30. The predicted molar refractivity (Wildman–Crippen MR) is 144 cm³/mol. The number of methoxy groups -OCH3 is 2. The number of rotatable bonds is 6. The molecule has 7 heteroatoms. The maximum absolute atomic E-state index is 6.13. The molecule has 2 heterocycles. The molecule has 178 valence electrons. The van der Waals surface area contributed by atoms with Crippen molar-refractivity contribution in [1.29, 1.82) is 0 Å². The quantitative estimate of drug-likeness (QED) is 0.274. The Bertz CT molecular complexity index is 1400. The highest BCUT2D eigenvalue weighted by Crippen LogP contribution is 2.42. The average molecular weight is 504 g/mol. The minimum Gasteiger partial charge on any atom is -0.493 e. The zero-order valence-corrected chi connectivity index (χ0v) is 21.7. The van der Waals surface area contributed by atoms with Gasteiger partial charge in [0.1, 0.15) is 0 Å². The van der Waals surface area contributed by atoms with Crippen molar-refractivity contribution in [3.8, 4) is 22.8 Å². The molecular formula is C28H26ClN3O2S. The van der Waals surface area contributed by atoms with Crippen molar-refractivity contribution in [2.75, 3.05) is 19.2 Å². The molecule has 0 bridgehead atoms. The fraction of sp³-hybridized carbons (Fsp3) is 0.214. The van der Waals surface area contributed by atoms with Gasteiger partial charge in [0.25, 0.3) is 0 Å². The van der Waals surface area contributed by atoms with Gasteiger partial charge in [0, 0.05) is 22.4 Å². The maximum Gasteiger partial charge on any atom is 0.207 e. The monoisotopic (exact) mass is 503 g/mol. The van der Waals surface area contributed by atoms with Crippen molar-refractivity contribution in [2.45, 2.75) is 26.3 Å². The van der Waals surface area contributed by atoms with E-state index in [2.05, 4.69) is 43.5 Å². The van der Waals surface area contributed by atoms with Crippen LogP contribution in [-0.2, 0) is 0 Å². The first kappa shape index (κ1) is 23.4. The third-order valence-electron chi connectivity index (χ3n) is 6.24. The van der Waals surface area contributed by atoms with E-state index in [-0.39, 0.29) is 6.04 Å². The Morgan fingerprint density at radius 1 is 0.943 bits per heavy atom. The third kappa shape index (κ3) is 4.64. The van der Waals surface area contributed by atoms with Crippen LogP contribution in [-0.4, -0.2) is 24.9 Å². The van der Waals surface area contributed by atoms with Crippen molar-refractivity contribution in [2.24, 2.45) is 5.10 Å². The van der Waals surface area contributed by atoms with Crippen LogP contribution in [0, 0.1) is 13.8 Å². The summed E-state index contributed by atoms with van der Waals surface area (Å²) < 4.78 is 11.0. The molecule has 0 aliphatic carbocycles. The molecular weight excluding hydrogens is 478 g/mol. The molecule has 1 unspecified atom stereocenters. The van der Waals surface area contributed by atoms with Gasteiger partial charge in [0.05, 0.1) is 31.7 Å². The molecule has 0 fully saturated rings. The van der Waals surface area contributed by atoms with Crippen molar-refractivity contribution in [3.63, 3.8) is 0 Å². The van der Waals surface area contributed by atoms with E-state index in [1.807, 2.05) is 41.4 Å². The number of thiazole rings is 1. The lowest BCUT2D eigenvalue weighted by Gasteiger charge is -2.22. The highest BCUT2D eigenvalue weighted by atomic mass is 35.5. The molecule has 0 amide bonds. The Balaban J connectivity index is 1.56. The smallest absolute Gasteiger partial charge is 0.207 e. The summed E-state index contributed by atoms with van der Waals surface area (Å²) in [5.41, 5.74) is 7.66. The number of aryl methyl sites for hydroxylation is 2. The SMILES string of the molecule is COc1ccc(C2CC(c3ccc(Cl)cc3)=NN2c2nc(-c3cc(C)ccc3C)cs2)cc1OC. The summed E-state index contributed by atoms with van der Waals surface area (Å²) >= 11 is 7.73. The fourth-order valence-electron chi connectivity index (χ4n) is 4.33. The van der Waals surface area contributed by atoms with Gasteiger partial charge in [-0.2, -0.15) is 5.10 Å². The highest BCUT2D eigenvalue weighted by molar-refractivity contribution is 7.14. The van der Waals surface area contributed by atoms with Gasteiger partial charge in [0.2, 0.25) is 5.13 Å². The minimum absolute atomic E-state index is 0.0295. The zero-order valence-electron chi connectivity index (χ0n) is 20.1. The fourth-order valence-corrected chi connectivity index (χ4v) is 5.28. The van der Waals surface area contributed by atoms with E-state index < -0.39 is 0 Å². The molecule has 5 rings (SSSR count). The van der Waals surface area contributed by atoms with Gasteiger partial charge in [-0.15, -0.1) is 11.3 Å². The molecule has 4 aromatic rings. The molecule has 1 aliphatic heterocycles. The third-order valence-corrected chi connectivity index (χ3v) is 7.32. The number of hydrazone groups is 1. The van der Waals surface area contributed by atoms with Gasteiger partial charge < -0.3 is 9.47 Å². The first-order chi connectivity index (χ1) is 17.0. The summed E-state index contributed by atoms with van der Waals surface area (Å²) in [6.07, 6.45) is 0.732. The van der Waals surface area contributed by atoms with Crippen LogP contribution in [0.4, 0.5) is 5.13 Å². The molecule has 1 atom stereocenters. The Kier molecular flexibility index (Phi) is 6.50. The standard InChI is InChI=1S/C28H26ClN3O2S/c1-17-5-6-18(2)22(13-17)24-16-35-28(30-24)32-25(20-9-12-26(33-3)27(14-20)34-4)15-23(31-32)19-7-10-21(29)11-8-19/h5-14,16,25H,15H2,1-4H3. The molecule has 35 heavy (non-hydrogen) atoms. The molecule has 0 spiro atoms. The highest BCUT2D eigenvalue weighted by Gasteiger charge is 2.32. The van der Waals surface area contributed by atoms with Crippen LogP contribution in [0.1, 0.15) is 34.7 Å². The van der Waals surface area contributed by atoms with Crippen LogP contribution in [0.2, 0.25) is 5.02 Å². The lowest BCUT2D eigenvalue weighted by molar-refractivity contribution is 0.354. The van der Waals surface area contributed by atoms with Crippen molar-refractivity contribution >= 4 is 33.8 Å². The number of aromatic nitrogens is 1. The number of halogens is 1. The Morgan fingerprint density at radius 3 is 2.46 bits per heavy atom. The summed E-state index contributed by atoms with van der Waals surface area (Å²) in [6.45, 7) is 4.22. The van der Waals surface area contributed by atoms with Crippen LogP contribution in [0.15, 0.2) is 71.1 Å². The molecule has 0 radical (unpaired) electrons. The van der Waals surface area contributed by atoms with Gasteiger partial charge >= 0.3 is 0 Å². The molecule has 1 aromatic heterocycles. The van der Waals surface area contributed by atoms with Crippen molar-refractivity contribution in [3.05, 3.63) is 93.3 Å².